The normalized spacial score (nSPS) is 13.0. The van der Waals surface area contributed by atoms with Crippen molar-refractivity contribution in [2.75, 3.05) is 12.4 Å². The molecule has 200 valence electrons. The molecule has 4 aromatic rings. The van der Waals surface area contributed by atoms with Gasteiger partial charge in [0.05, 0.1) is 35.4 Å². The molecular weight excluding hydrogens is 547 g/mol. The molecule has 38 heavy (non-hydrogen) atoms. The first-order valence-electron chi connectivity index (χ1n) is 12.0. The molecule has 1 heterocycles. The Labute approximate surface area is 231 Å². The number of aromatic nitrogens is 3. The van der Waals surface area contributed by atoms with E-state index in [2.05, 4.69) is 15.6 Å². The largest absolute Gasteiger partial charge is 0.394 e. The van der Waals surface area contributed by atoms with Crippen molar-refractivity contribution in [1.82, 2.24) is 20.3 Å². The van der Waals surface area contributed by atoms with Crippen LogP contribution in [0.15, 0.2) is 65.6 Å². The number of rotatable bonds is 9. The van der Waals surface area contributed by atoms with E-state index in [1.165, 1.54) is 12.1 Å². The molecular formula is C27H28Cl2N4O4S. The second kappa shape index (κ2) is 11.0. The molecule has 1 aromatic heterocycles. The van der Waals surface area contributed by atoms with E-state index < -0.39 is 27.2 Å². The van der Waals surface area contributed by atoms with Gasteiger partial charge in [-0.15, -0.1) is 5.10 Å². The number of nitrogens with one attached hydrogen (secondary N) is 1. The highest BCUT2D eigenvalue weighted by molar-refractivity contribution is 7.91. The highest BCUT2D eigenvalue weighted by Crippen LogP contribution is 2.37. The predicted octanol–water partition coefficient (Wildman–Crippen LogP) is 4.97. The van der Waals surface area contributed by atoms with Crippen LogP contribution in [-0.2, 0) is 21.8 Å². The minimum atomic E-state index is -3.34. The SMILES string of the molecule is CCS(=O)(=O)c1ccc(C(CO)NC(=O)c2ccc3c(c2)nnn3CC(C)(C)c2c(Cl)cccc2Cl)cc1. The van der Waals surface area contributed by atoms with Gasteiger partial charge in [0.15, 0.2) is 9.84 Å². The Hall–Kier alpha value is -2.98. The van der Waals surface area contributed by atoms with Crippen LogP contribution in [0.4, 0.5) is 0 Å². The third kappa shape index (κ3) is 5.71. The van der Waals surface area contributed by atoms with Gasteiger partial charge in [-0.3, -0.25) is 4.79 Å². The molecule has 1 amide bonds. The Bertz CT molecular complexity index is 1560. The molecule has 2 N–H and O–H groups in total. The third-order valence-corrected chi connectivity index (χ3v) is 8.85. The highest BCUT2D eigenvalue weighted by atomic mass is 35.5. The molecule has 0 fully saturated rings. The minimum absolute atomic E-state index is 0.00908. The lowest BCUT2D eigenvalue weighted by Gasteiger charge is -2.27. The fourth-order valence-electron chi connectivity index (χ4n) is 4.38. The van der Waals surface area contributed by atoms with Crippen molar-refractivity contribution in [3.05, 3.63) is 87.4 Å². The zero-order chi connectivity index (χ0) is 27.7. The molecule has 3 aromatic carbocycles. The molecule has 0 radical (unpaired) electrons. The smallest absolute Gasteiger partial charge is 0.251 e. The number of aliphatic hydroxyl groups excluding tert-OH is 1. The van der Waals surface area contributed by atoms with Gasteiger partial charge in [0.2, 0.25) is 0 Å². The molecule has 0 bridgehead atoms. The van der Waals surface area contributed by atoms with Crippen molar-refractivity contribution in [3.63, 3.8) is 0 Å². The van der Waals surface area contributed by atoms with Crippen LogP contribution in [0.25, 0.3) is 11.0 Å². The lowest BCUT2D eigenvalue weighted by atomic mass is 9.84. The van der Waals surface area contributed by atoms with Crippen LogP contribution in [0.3, 0.4) is 0 Å². The van der Waals surface area contributed by atoms with Crippen LogP contribution in [0, 0.1) is 0 Å². The van der Waals surface area contributed by atoms with Crippen molar-refractivity contribution in [3.8, 4) is 0 Å². The summed E-state index contributed by atoms with van der Waals surface area (Å²) in [6, 6.07) is 15.9. The summed E-state index contributed by atoms with van der Waals surface area (Å²) in [5, 5.41) is 22.4. The molecule has 0 saturated carbocycles. The first kappa shape index (κ1) is 28.0. The van der Waals surface area contributed by atoms with E-state index in [0.717, 1.165) is 11.1 Å². The van der Waals surface area contributed by atoms with Crippen molar-refractivity contribution < 1.29 is 18.3 Å². The summed E-state index contributed by atoms with van der Waals surface area (Å²) in [5.41, 5.74) is 2.58. The Balaban J connectivity index is 1.53. The summed E-state index contributed by atoms with van der Waals surface area (Å²) in [6.07, 6.45) is 0. The van der Waals surface area contributed by atoms with E-state index in [1.54, 1.807) is 60.1 Å². The Morgan fingerprint density at radius 1 is 1.08 bits per heavy atom. The van der Waals surface area contributed by atoms with Crippen LogP contribution in [0.2, 0.25) is 10.0 Å². The van der Waals surface area contributed by atoms with Gasteiger partial charge in [-0.05, 0) is 53.6 Å². The van der Waals surface area contributed by atoms with Crippen LogP contribution in [0.1, 0.15) is 48.3 Å². The minimum Gasteiger partial charge on any atom is -0.394 e. The lowest BCUT2D eigenvalue weighted by Crippen LogP contribution is -2.30. The summed E-state index contributed by atoms with van der Waals surface area (Å²) in [4.78, 5) is 13.2. The van der Waals surface area contributed by atoms with E-state index in [-0.39, 0.29) is 17.3 Å². The van der Waals surface area contributed by atoms with Crippen LogP contribution in [0.5, 0.6) is 0 Å². The van der Waals surface area contributed by atoms with Gasteiger partial charge in [-0.1, -0.05) is 67.4 Å². The maximum atomic E-state index is 13.0. The Kier molecular flexibility index (Phi) is 8.13. The zero-order valence-electron chi connectivity index (χ0n) is 21.1. The number of carbonyl (C=O) groups is 1. The number of sulfone groups is 1. The average molecular weight is 576 g/mol. The number of amides is 1. The topological polar surface area (TPSA) is 114 Å². The predicted molar refractivity (Wildman–Crippen MR) is 148 cm³/mol. The number of hydrogen-bond donors (Lipinski definition) is 2. The number of benzene rings is 3. The van der Waals surface area contributed by atoms with E-state index in [1.807, 2.05) is 13.8 Å². The zero-order valence-corrected chi connectivity index (χ0v) is 23.5. The number of nitrogens with zero attached hydrogens (tertiary/aromatic N) is 3. The van der Waals surface area contributed by atoms with Crippen LogP contribution < -0.4 is 5.32 Å². The molecule has 4 rings (SSSR count). The number of halogens is 2. The monoisotopic (exact) mass is 574 g/mol. The molecule has 1 atom stereocenters. The van der Waals surface area contributed by atoms with Gasteiger partial charge in [-0.2, -0.15) is 0 Å². The maximum Gasteiger partial charge on any atom is 0.251 e. The number of carbonyl (C=O) groups excluding carboxylic acids is 1. The maximum absolute atomic E-state index is 13.0. The Morgan fingerprint density at radius 3 is 2.34 bits per heavy atom. The molecule has 8 nitrogen and oxygen atoms in total. The van der Waals surface area contributed by atoms with Gasteiger partial charge in [0, 0.05) is 21.0 Å². The second-order valence-electron chi connectivity index (χ2n) is 9.61. The molecule has 0 saturated heterocycles. The Morgan fingerprint density at radius 2 is 1.74 bits per heavy atom. The molecule has 1 unspecified atom stereocenters. The van der Waals surface area contributed by atoms with Gasteiger partial charge >= 0.3 is 0 Å². The van der Waals surface area contributed by atoms with Crippen LogP contribution >= 0.6 is 23.2 Å². The van der Waals surface area contributed by atoms with Crippen molar-refractivity contribution >= 4 is 50.0 Å². The molecule has 0 aliphatic rings. The number of fused-ring (bicyclic) bond motifs is 1. The first-order chi connectivity index (χ1) is 18.0. The summed E-state index contributed by atoms with van der Waals surface area (Å²) in [6.45, 7) is 5.71. The standard InChI is InChI=1S/C27H28Cl2N4O4S/c1-4-38(36,37)19-11-8-17(9-12-19)23(15-34)30-26(35)18-10-13-24-22(14-18)31-32-33(24)16-27(2,3)25-20(28)6-5-7-21(25)29/h5-14,23,34H,4,15-16H2,1-3H3,(H,30,35). The molecule has 0 aliphatic heterocycles. The molecule has 0 spiro atoms. The fraction of sp³-hybridized carbons (Fsp3) is 0.296. The van der Waals surface area contributed by atoms with Gasteiger partial charge < -0.3 is 10.4 Å². The van der Waals surface area contributed by atoms with Gasteiger partial charge in [-0.25, -0.2) is 13.1 Å². The summed E-state index contributed by atoms with van der Waals surface area (Å²) in [5.74, 6) is -0.417. The van der Waals surface area contributed by atoms with Crippen molar-refractivity contribution in [2.24, 2.45) is 0 Å². The fourth-order valence-corrected chi connectivity index (χ4v) is 6.17. The lowest BCUT2D eigenvalue weighted by molar-refractivity contribution is 0.0916. The third-order valence-electron chi connectivity index (χ3n) is 6.47. The second-order valence-corrected chi connectivity index (χ2v) is 12.7. The van der Waals surface area contributed by atoms with E-state index in [4.69, 9.17) is 23.2 Å². The van der Waals surface area contributed by atoms with Crippen LogP contribution in [-0.4, -0.2) is 46.8 Å². The van der Waals surface area contributed by atoms with Crippen molar-refractivity contribution in [1.29, 1.82) is 0 Å². The van der Waals surface area contributed by atoms with E-state index >= 15 is 0 Å². The van der Waals surface area contributed by atoms with Crippen molar-refractivity contribution in [2.45, 2.75) is 43.7 Å². The summed E-state index contributed by atoms with van der Waals surface area (Å²) < 4.78 is 25.9. The molecule has 11 heteroatoms. The first-order valence-corrected chi connectivity index (χ1v) is 14.4. The number of hydrogen-bond acceptors (Lipinski definition) is 6. The molecule has 0 aliphatic carbocycles. The van der Waals surface area contributed by atoms with E-state index in [9.17, 15) is 18.3 Å². The summed E-state index contributed by atoms with van der Waals surface area (Å²) >= 11 is 12.9. The number of aliphatic hydroxyl groups is 1. The van der Waals surface area contributed by atoms with Gasteiger partial charge in [0.1, 0.15) is 5.52 Å². The quantitative estimate of drug-likeness (QED) is 0.291. The van der Waals surface area contributed by atoms with Gasteiger partial charge in [0.25, 0.3) is 5.91 Å². The summed E-state index contributed by atoms with van der Waals surface area (Å²) in [7, 11) is -3.34. The highest BCUT2D eigenvalue weighted by Gasteiger charge is 2.28. The average Bonchev–Trinajstić information content (AvgIpc) is 3.28. The van der Waals surface area contributed by atoms with E-state index in [0.29, 0.717) is 33.2 Å².